The third kappa shape index (κ3) is 3.57. The highest BCUT2D eigenvalue weighted by molar-refractivity contribution is 6.01. The predicted molar refractivity (Wildman–Crippen MR) is 83.7 cm³/mol. The van der Waals surface area contributed by atoms with Crippen LogP contribution in [0.3, 0.4) is 0 Å². The largest absolute Gasteiger partial charge is 0.486 e. The second-order valence-corrected chi connectivity index (χ2v) is 5.55. The fraction of sp³-hybridized carbons (Fsp3) is 0.500. The van der Waals surface area contributed by atoms with Gasteiger partial charge in [0.05, 0.1) is 18.3 Å². The van der Waals surface area contributed by atoms with Gasteiger partial charge >= 0.3 is 5.97 Å². The molecule has 1 aromatic carbocycles. The molecule has 0 saturated heterocycles. The molecule has 0 aromatic heterocycles. The van der Waals surface area contributed by atoms with Crippen molar-refractivity contribution in [3.05, 3.63) is 23.8 Å². The molecule has 120 valence electrons. The van der Waals surface area contributed by atoms with Crippen LogP contribution in [0.15, 0.2) is 18.2 Å². The van der Waals surface area contributed by atoms with E-state index in [4.69, 9.17) is 9.84 Å². The molecule has 1 aliphatic rings. The van der Waals surface area contributed by atoms with Crippen LogP contribution in [-0.4, -0.2) is 41.6 Å². The van der Waals surface area contributed by atoms with Crippen LogP contribution in [0.25, 0.3) is 0 Å². The molecule has 0 aliphatic carbocycles. The van der Waals surface area contributed by atoms with Gasteiger partial charge in [0.2, 0.25) is 0 Å². The Labute approximate surface area is 129 Å². The first-order valence-corrected chi connectivity index (χ1v) is 7.50. The van der Waals surface area contributed by atoms with Gasteiger partial charge in [0.15, 0.2) is 5.78 Å². The molecule has 0 saturated carbocycles. The summed E-state index contributed by atoms with van der Waals surface area (Å²) in [6, 6.07) is 3.91. The van der Waals surface area contributed by atoms with E-state index >= 15 is 0 Å². The monoisotopic (exact) mass is 306 g/mol. The maximum absolute atomic E-state index is 12.4. The minimum Gasteiger partial charge on any atom is -0.486 e. The number of carbonyl (C=O) groups excluding carboxylic acids is 1. The SMILES string of the molecule is CCC1CNc2cc(C(=O)C(C)NC(C)C(=O)O)ccc2O1. The van der Waals surface area contributed by atoms with Gasteiger partial charge < -0.3 is 15.2 Å². The van der Waals surface area contributed by atoms with E-state index in [-0.39, 0.29) is 11.9 Å². The maximum atomic E-state index is 12.4. The lowest BCUT2D eigenvalue weighted by Crippen LogP contribution is -2.43. The normalized spacial score (nSPS) is 19.3. The fourth-order valence-corrected chi connectivity index (χ4v) is 2.37. The molecule has 0 amide bonds. The Kier molecular flexibility index (Phi) is 5.03. The first kappa shape index (κ1) is 16.3. The second-order valence-electron chi connectivity index (χ2n) is 5.55. The van der Waals surface area contributed by atoms with Crippen LogP contribution in [0.4, 0.5) is 5.69 Å². The molecule has 1 aromatic rings. The van der Waals surface area contributed by atoms with Crippen molar-refractivity contribution in [2.45, 2.75) is 45.4 Å². The summed E-state index contributed by atoms with van der Waals surface area (Å²) in [6.07, 6.45) is 1.06. The van der Waals surface area contributed by atoms with Crippen LogP contribution in [0.1, 0.15) is 37.6 Å². The van der Waals surface area contributed by atoms with E-state index in [1.807, 2.05) is 0 Å². The number of benzene rings is 1. The van der Waals surface area contributed by atoms with Crippen LogP contribution < -0.4 is 15.4 Å². The van der Waals surface area contributed by atoms with Crippen molar-refractivity contribution in [2.24, 2.45) is 0 Å². The average Bonchev–Trinajstić information content (AvgIpc) is 2.52. The Bertz CT molecular complexity index is 573. The van der Waals surface area contributed by atoms with Gasteiger partial charge in [-0.2, -0.15) is 0 Å². The van der Waals surface area contributed by atoms with Gasteiger partial charge in [-0.15, -0.1) is 0 Å². The molecule has 2 rings (SSSR count). The Hall–Kier alpha value is -2.08. The highest BCUT2D eigenvalue weighted by atomic mass is 16.5. The van der Waals surface area contributed by atoms with Crippen LogP contribution in [0.5, 0.6) is 5.75 Å². The molecule has 6 nitrogen and oxygen atoms in total. The summed E-state index contributed by atoms with van der Waals surface area (Å²) in [6.45, 7) is 5.95. The summed E-state index contributed by atoms with van der Waals surface area (Å²) >= 11 is 0. The molecule has 3 unspecified atom stereocenters. The quantitative estimate of drug-likeness (QED) is 0.696. The molecular weight excluding hydrogens is 284 g/mol. The number of carboxylic acid groups (broad SMARTS) is 1. The Balaban J connectivity index is 2.10. The third-order valence-electron chi connectivity index (χ3n) is 3.80. The van der Waals surface area contributed by atoms with E-state index in [0.29, 0.717) is 12.1 Å². The molecule has 0 spiro atoms. The zero-order valence-electron chi connectivity index (χ0n) is 13.1. The summed E-state index contributed by atoms with van der Waals surface area (Å²) in [4.78, 5) is 23.2. The zero-order chi connectivity index (χ0) is 16.3. The summed E-state index contributed by atoms with van der Waals surface area (Å²) in [7, 11) is 0. The number of fused-ring (bicyclic) bond motifs is 1. The first-order chi connectivity index (χ1) is 10.4. The van der Waals surface area contributed by atoms with E-state index in [0.717, 1.165) is 17.9 Å². The Morgan fingerprint density at radius 2 is 2.14 bits per heavy atom. The average molecular weight is 306 g/mol. The van der Waals surface area contributed by atoms with Crippen molar-refractivity contribution in [1.82, 2.24) is 5.32 Å². The van der Waals surface area contributed by atoms with E-state index in [1.165, 1.54) is 6.92 Å². The minimum atomic E-state index is -0.981. The van der Waals surface area contributed by atoms with E-state index in [9.17, 15) is 9.59 Å². The van der Waals surface area contributed by atoms with Crippen LogP contribution in [0.2, 0.25) is 0 Å². The number of hydrogen-bond donors (Lipinski definition) is 3. The molecule has 6 heteroatoms. The molecule has 0 bridgehead atoms. The maximum Gasteiger partial charge on any atom is 0.320 e. The molecule has 1 heterocycles. The van der Waals surface area contributed by atoms with E-state index < -0.39 is 18.1 Å². The van der Waals surface area contributed by atoms with E-state index in [1.54, 1.807) is 25.1 Å². The smallest absolute Gasteiger partial charge is 0.320 e. The first-order valence-electron chi connectivity index (χ1n) is 7.50. The second kappa shape index (κ2) is 6.79. The molecule has 0 fully saturated rings. The molecule has 3 N–H and O–H groups in total. The molecule has 0 radical (unpaired) electrons. The number of carbonyl (C=O) groups is 2. The lowest BCUT2D eigenvalue weighted by molar-refractivity contribution is -0.139. The van der Waals surface area contributed by atoms with Crippen LogP contribution in [-0.2, 0) is 4.79 Å². The number of nitrogens with one attached hydrogen (secondary N) is 2. The summed E-state index contributed by atoms with van der Waals surface area (Å²) in [5.74, 6) is -0.379. The van der Waals surface area contributed by atoms with Gasteiger partial charge in [-0.1, -0.05) is 6.92 Å². The lowest BCUT2D eigenvalue weighted by Gasteiger charge is -2.27. The highest BCUT2D eigenvalue weighted by Crippen LogP contribution is 2.31. The number of Topliss-reactive ketones (excluding diaryl/α,β-unsaturated/α-hetero) is 1. The van der Waals surface area contributed by atoms with Gasteiger partial charge in [0.25, 0.3) is 0 Å². The van der Waals surface area contributed by atoms with Crippen molar-refractivity contribution in [2.75, 3.05) is 11.9 Å². The number of ketones is 1. The van der Waals surface area contributed by atoms with Gasteiger partial charge in [0.1, 0.15) is 17.9 Å². The third-order valence-corrected chi connectivity index (χ3v) is 3.80. The van der Waals surface area contributed by atoms with Gasteiger partial charge in [-0.05, 0) is 38.5 Å². The number of anilines is 1. The standard InChI is InChI=1S/C16H22N2O4/c1-4-12-8-17-13-7-11(5-6-14(13)22-12)15(19)9(2)18-10(3)16(20)21/h5-7,9-10,12,17-18H,4,8H2,1-3H3,(H,20,21). The van der Waals surface area contributed by atoms with Crippen molar-refractivity contribution < 1.29 is 19.4 Å². The topological polar surface area (TPSA) is 87.7 Å². The van der Waals surface area contributed by atoms with E-state index in [2.05, 4.69) is 17.6 Å². The predicted octanol–water partition coefficient (Wildman–Crippen LogP) is 1.90. The Morgan fingerprint density at radius 3 is 2.77 bits per heavy atom. The van der Waals surface area contributed by atoms with Crippen LogP contribution >= 0.6 is 0 Å². The number of carboxylic acids is 1. The van der Waals surface area contributed by atoms with Crippen molar-refractivity contribution in [3.8, 4) is 5.75 Å². The summed E-state index contributed by atoms with van der Waals surface area (Å²) in [5, 5.41) is 14.9. The lowest BCUT2D eigenvalue weighted by atomic mass is 10.0. The molecule has 1 aliphatic heterocycles. The molecule has 22 heavy (non-hydrogen) atoms. The minimum absolute atomic E-state index is 0.143. The van der Waals surface area contributed by atoms with Crippen molar-refractivity contribution in [1.29, 1.82) is 0 Å². The zero-order valence-corrected chi connectivity index (χ0v) is 13.1. The van der Waals surface area contributed by atoms with Gasteiger partial charge in [-0.3, -0.25) is 14.9 Å². The summed E-state index contributed by atoms with van der Waals surface area (Å²) < 4.78 is 5.81. The van der Waals surface area contributed by atoms with Gasteiger partial charge in [-0.25, -0.2) is 0 Å². The molecule has 3 atom stereocenters. The Morgan fingerprint density at radius 1 is 1.41 bits per heavy atom. The fourth-order valence-electron chi connectivity index (χ4n) is 2.37. The van der Waals surface area contributed by atoms with Crippen molar-refractivity contribution in [3.63, 3.8) is 0 Å². The number of hydrogen-bond acceptors (Lipinski definition) is 5. The number of rotatable bonds is 6. The van der Waals surface area contributed by atoms with Crippen LogP contribution in [0, 0.1) is 0 Å². The number of aliphatic carboxylic acids is 1. The summed E-state index contributed by atoms with van der Waals surface area (Å²) in [5.41, 5.74) is 1.33. The number of ether oxygens (including phenoxy) is 1. The highest BCUT2D eigenvalue weighted by Gasteiger charge is 2.23. The van der Waals surface area contributed by atoms with Gasteiger partial charge in [0, 0.05) is 5.56 Å². The van der Waals surface area contributed by atoms with Crippen molar-refractivity contribution >= 4 is 17.4 Å². The molecular formula is C16H22N2O4.